The highest BCUT2D eigenvalue weighted by molar-refractivity contribution is 6.37. The number of hydrogen-bond donors (Lipinski definition) is 1. The highest BCUT2D eigenvalue weighted by Gasteiger charge is 2.25. The number of amides is 2. The van der Waals surface area contributed by atoms with E-state index in [-0.39, 0.29) is 10.0 Å². The van der Waals surface area contributed by atoms with Crippen LogP contribution in [0.4, 0.5) is 10.5 Å². The van der Waals surface area contributed by atoms with Crippen LogP contribution >= 0.6 is 46.4 Å². The second-order valence-corrected chi connectivity index (χ2v) is 7.00. The van der Waals surface area contributed by atoms with Gasteiger partial charge in [0.05, 0.1) is 18.3 Å². The summed E-state index contributed by atoms with van der Waals surface area (Å²) in [7, 11) is 0. The summed E-state index contributed by atoms with van der Waals surface area (Å²) < 4.78 is 0. The summed E-state index contributed by atoms with van der Waals surface area (Å²) in [5.74, 6) is -0.799. The number of rotatable bonds is 3. The van der Waals surface area contributed by atoms with E-state index in [1.165, 1.54) is 12.1 Å². The zero-order valence-corrected chi connectivity index (χ0v) is 16.0. The van der Waals surface area contributed by atoms with Gasteiger partial charge in [0.15, 0.2) is 0 Å². The van der Waals surface area contributed by atoms with Crippen LogP contribution in [0.3, 0.4) is 0 Å². The van der Waals surface area contributed by atoms with Gasteiger partial charge in [-0.15, -0.1) is 0 Å². The molecule has 1 aliphatic rings. The second kappa shape index (κ2) is 7.73. The van der Waals surface area contributed by atoms with Crippen molar-refractivity contribution in [3.05, 3.63) is 61.5 Å². The normalized spacial score (nSPS) is 14.7. The maximum Gasteiger partial charge on any atom is 0.342 e. The summed E-state index contributed by atoms with van der Waals surface area (Å²) >= 11 is 24.9. The highest BCUT2D eigenvalue weighted by Crippen LogP contribution is 2.41. The molecule has 2 amide bonds. The summed E-state index contributed by atoms with van der Waals surface area (Å²) in [6.07, 6.45) is 1.54. The highest BCUT2D eigenvalue weighted by atomic mass is 35.5. The monoisotopic (exact) mass is 426 g/mol. The number of anilines is 1. The quantitative estimate of drug-likeness (QED) is 0.705. The van der Waals surface area contributed by atoms with Crippen molar-refractivity contribution in [3.8, 4) is 6.07 Å². The summed E-state index contributed by atoms with van der Waals surface area (Å²) in [6.45, 7) is 0.348. The molecule has 1 atom stereocenters. The number of halogens is 4. The van der Waals surface area contributed by atoms with Crippen molar-refractivity contribution >= 4 is 64.3 Å². The third kappa shape index (κ3) is 3.60. The smallest absolute Gasteiger partial charge is 0.331 e. The number of nitriles is 1. The first kappa shape index (κ1) is 18.8. The SMILES string of the molecule is N#CC(c1ccc(Cl)cc1Cl)c1c(Cl)cc(N2N=CCNC2=O)cc1Cl. The van der Waals surface area contributed by atoms with E-state index in [0.717, 1.165) is 5.01 Å². The van der Waals surface area contributed by atoms with Crippen molar-refractivity contribution in [3.63, 3.8) is 0 Å². The van der Waals surface area contributed by atoms with Crippen molar-refractivity contribution in [1.29, 1.82) is 5.26 Å². The fourth-order valence-corrected chi connectivity index (χ4v) is 3.77. The van der Waals surface area contributed by atoms with E-state index in [0.29, 0.717) is 33.4 Å². The Morgan fingerprint density at radius 1 is 1.12 bits per heavy atom. The molecule has 2 aromatic carbocycles. The van der Waals surface area contributed by atoms with Crippen LogP contribution in [-0.4, -0.2) is 18.8 Å². The molecule has 0 spiro atoms. The summed E-state index contributed by atoms with van der Waals surface area (Å²) in [5, 5.41) is 18.7. The Hall–Kier alpha value is -1.97. The molecular weight excluding hydrogens is 418 g/mol. The lowest BCUT2D eigenvalue weighted by atomic mass is 9.92. The van der Waals surface area contributed by atoms with Gasteiger partial charge in [-0.3, -0.25) is 0 Å². The number of nitrogens with zero attached hydrogens (tertiary/aromatic N) is 3. The van der Waals surface area contributed by atoms with E-state index in [2.05, 4.69) is 16.5 Å². The molecular formula is C17H10Cl4N4O. The van der Waals surface area contributed by atoms with Crippen LogP contribution in [0, 0.1) is 11.3 Å². The number of benzene rings is 2. The largest absolute Gasteiger partial charge is 0.342 e. The molecule has 3 rings (SSSR count). The summed E-state index contributed by atoms with van der Waals surface area (Å²) in [4.78, 5) is 11.9. The fraction of sp³-hybridized carbons (Fsp3) is 0.118. The van der Waals surface area contributed by atoms with Gasteiger partial charge in [-0.2, -0.15) is 15.4 Å². The average molecular weight is 428 g/mol. The standard InChI is InChI=1S/C17H10Cl4N4O/c18-9-1-2-11(13(19)5-9)12(8-22)16-14(20)6-10(7-15(16)21)25-17(26)23-3-4-24-25/h1-2,4-7,12H,3H2,(H,23,26). The average Bonchev–Trinajstić information content (AvgIpc) is 2.59. The van der Waals surface area contributed by atoms with E-state index in [1.54, 1.807) is 24.4 Å². The van der Waals surface area contributed by atoms with Crippen LogP contribution in [0.2, 0.25) is 20.1 Å². The molecule has 132 valence electrons. The molecule has 0 saturated carbocycles. The lowest BCUT2D eigenvalue weighted by molar-refractivity contribution is 0.247. The first-order chi connectivity index (χ1) is 12.4. The number of hydrazone groups is 1. The number of nitrogens with one attached hydrogen (secondary N) is 1. The molecule has 9 heteroatoms. The van der Waals surface area contributed by atoms with Crippen molar-refractivity contribution in [2.75, 3.05) is 11.6 Å². The molecule has 1 aliphatic heterocycles. The molecule has 5 nitrogen and oxygen atoms in total. The Morgan fingerprint density at radius 2 is 1.81 bits per heavy atom. The molecule has 0 aromatic heterocycles. The minimum Gasteiger partial charge on any atom is -0.331 e. The molecule has 1 N–H and O–H groups in total. The Labute approximate surface area is 169 Å². The number of carbonyl (C=O) groups is 1. The lowest BCUT2D eigenvalue weighted by Gasteiger charge is -2.23. The van der Waals surface area contributed by atoms with Gasteiger partial charge in [-0.1, -0.05) is 52.5 Å². The summed E-state index contributed by atoms with van der Waals surface area (Å²) in [6, 6.07) is 9.66. The van der Waals surface area contributed by atoms with Crippen LogP contribution < -0.4 is 10.3 Å². The molecule has 0 radical (unpaired) electrons. The van der Waals surface area contributed by atoms with Crippen molar-refractivity contribution in [2.45, 2.75) is 5.92 Å². The number of urea groups is 1. The van der Waals surface area contributed by atoms with Crippen LogP contribution in [0.25, 0.3) is 0 Å². The molecule has 2 aromatic rings. The van der Waals surface area contributed by atoms with Gasteiger partial charge in [0.25, 0.3) is 0 Å². The van der Waals surface area contributed by atoms with E-state index < -0.39 is 11.9 Å². The van der Waals surface area contributed by atoms with E-state index >= 15 is 0 Å². The maximum absolute atomic E-state index is 11.9. The van der Waals surface area contributed by atoms with Gasteiger partial charge in [0, 0.05) is 31.9 Å². The Kier molecular flexibility index (Phi) is 5.59. The molecule has 0 fully saturated rings. The van der Waals surface area contributed by atoms with Gasteiger partial charge >= 0.3 is 6.03 Å². The zero-order valence-electron chi connectivity index (χ0n) is 13.0. The number of hydrogen-bond acceptors (Lipinski definition) is 3. The predicted molar refractivity (Wildman–Crippen MR) is 105 cm³/mol. The Bertz CT molecular complexity index is 931. The lowest BCUT2D eigenvalue weighted by Crippen LogP contribution is -2.41. The van der Waals surface area contributed by atoms with Crippen LogP contribution in [0.1, 0.15) is 17.0 Å². The Balaban J connectivity index is 2.07. The van der Waals surface area contributed by atoms with Gasteiger partial charge in [0.1, 0.15) is 5.92 Å². The van der Waals surface area contributed by atoms with E-state index in [9.17, 15) is 10.1 Å². The second-order valence-electron chi connectivity index (χ2n) is 5.35. The van der Waals surface area contributed by atoms with Crippen molar-refractivity contribution < 1.29 is 4.79 Å². The zero-order chi connectivity index (χ0) is 18.8. The first-order valence-electron chi connectivity index (χ1n) is 7.36. The van der Waals surface area contributed by atoms with Crippen LogP contribution in [0.5, 0.6) is 0 Å². The topological polar surface area (TPSA) is 68.5 Å². The first-order valence-corrected chi connectivity index (χ1v) is 8.87. The fourth-order valence-electron chi connectivity index (χ4n) is 2.56. The third-order valence-corrected chi connectivity index (χ3v) is 4.92. The molecule has 26 heavy (non-hydrogen) atoms. The van der Waals surface area contributed by atoms with Crippen LogP contribution in [0.15, 0.2) is 35.4 Å². The minimum atomic E-state index is -0.799. The molecule has 0 bridgehead atoms. The molecule has 1 unspecified atom stereocenters. The van der Waals surface area contributed by atoms with Crippen molar-refractivity contribution in [1.82, 2.24) is 5.32 Å². The van der Waals surface area contributed by atoms with Crippen LogP contribution in [-0.2, 0) is 0 Å². The van der Waals surface area contributed by atoms with Gasteiger partial charge in [-0.05, 0) is 29.8 Å². The third-order valence-electron chi connectivity index (χ3n) is 3.73. The van der Waals surface area contributed by atoms with Gasteiger partial charge < -0.3 is 5.32 Å². The summed E-state index contributed by atoms with van der Waals surface area (Å²) in [5.41, 5.74) is 1.31. The van der Waals surface area contributed by atoms with Crippen molar-refractivity contribution in [2.24, 2.45) is 5.10 Å². The van der Waals surface area contributed by atoms with E-state index in [1.807, 2.05) is 0 Å². The predicted octanol–water partition coefficient (Wildman–Crippen LogP) is 5.47. The Morgan fingerprint density at radius 3 is 2.38 bits per heavy atom. The molecule has 1 heterocycles. The van der Waals surface area contributed by atoms with Gasteiger partial charge in [0.2, 0.25) is 0 Å². The maximum atomic E-state index is 11.9. The molecule has 0 aliphatic carbocycles. The number of carbonyl (C=O) groups excluding carboxylic acids is 1. The van der Waals surface area contributed by atoms with E-state index in [4.69, 9.17) is 46.4 Å². The minimum absolute atomic E-state index is 0.221. The van der Waals surface area contributed by atoms with Gasteiger partial charge in [-0.25, -0.2) is 4.79 Å². The molecule has 0 saturated heterocycles.